The molecule has 1 fully saturated rings. The van der Waals surface area contributed by atoms with Crippen LogP contribution in [-0.2, 0) is 9.53 Å². The zero-order valence-electron chi connectivity index (χ0n) is 17.3. The van der Waals surface area contributed by atoms with Gasteiger partial charge in [0, 0.05) is 33.2 Å². The van der Waals surface area contributed by atoms with Gasteiger partial charge < -0.3 is 20.3 Å². The Balaban J connectivity index is 1.68. The number of aryl methyl sites for hydroxylation is 1. The molecule has 1 aliphatic heterocycles. The summed E-state index contributed by atoms with van der Waals surface area (Å²) in [4.78, 5) is 36.6. The van der Waals surface area contributed by atoms with Gasteiger partial charge in [0.2, 0.25) is 5.91 Å². The van der Waals surface area contributed by atoms with Gasteiger partial charge in [0.05, 0.1) is 22.9 Å². The molecule has 0 spiro atoms. The lowest BCUT2D eigenvalue weighted by Gasteiger charge is -2.16. The summed E-state index contributed by atoms with van der Waals surface area (Å²) in [5.74, 6) is 0.880. The minimum Gasteiger partial charge on any atom is -0.383 e. The highest BCUT2D eigenvalue weighted by atomic mass is 32.1. The number of amides is 2. The molecule has 1 saturated heterocycles. The van der Waals surface area contributed by atoms with Crippen LogP contribution in [0.25, 0.3) is 10.2 Å². The number of anilines is 1. The summed E-state index contributed by atoms with van der Waals surface area (Å²) in [5, 5.41) is 7.28. The first-order valence-electron chi connectivity index (χ1n) is 10.1. The van der Waals surface area contributed by atoms with Crippen LogP contribution in [0.2, 0.25) is 0 Å². The molecule has 2 N–H and O–H groups in total. The van der Waals surface area contributed by atoms with Crippen molar-refractivity contribution in [2.75, 3.05) is 38.7 Å². The molecule has 3 rings (SSSR count). The van der Waals surface area contributed by atoms with Crippen LogP contribution in [0.4, 0.5) is 5.82 Å². The Morgan fingerprint density at radius 2 is 2.24 bits per heavy atom. The quantitative estimate of drug-likeness (QED) is 0.575. The smallest absolute Gasteiger partial charge is 0.262 e. The number of nitrogens with one attached hydrogen (secondary N) is 2. The van der Waals surface area contributed by atoms with E-state index in [4.69, 9.17) is 4.74 Å². The zero-order valence-corrected chi connectivity index (χ0v) is 18.1. The van der Waals surface area contributed by atoms with Gasteiger partial charge in [0.1, 0.15) is 17.0 Å². The maximum absolute atomic E-state index is 12.8. The molecule has 0 aliphatic carbocycles. The number of aromatic nitrogens is 2. The highest BCUT2D eigenvalue weighted by Gasteiger charge is 2.22. The molecule has 1 aliphatic rings. The van der Waals surface area contributed by atoms with Crippen LogP contribution in [0.1, 0.15) is 47.8 Å². The van der Waals surface area contributed by atoms with E-state index < -0.39 is 0 Å². The summed E-state index contributed by atoms with van der Waals surface area (Å²) in [5.41, 5.74) is 0.882. The molecule has 2 amide bonds. The number of nitrogens with zero attached hydrogens (tertiary/aromatic N) is 3. The Hall–Kier alpha value is -2.26. The maximum Gasteiger partial charge on any atom is 0.262 e. The van der Waals surface area contributed by atoms with Crippen LogP contribution in [-0.4, -0.2) is 66.1 Å². The Bertz CT molecular complexity index is 869. The molecule has 158 valence electrons. The molecule has 2 aromatic heterocycles. The van der Waals surface area contributed by atoms with Crippen molar-refractivity contribution in [3.05, 3.63) is 16.8 Å². The van der Waals surface area contributed by atoms with Gasteiger partial charge in [-0.2, -0.15) is 0 Å². The highest BCUT2D eigenvalue weighted by molar-refractivity contribution is 7.20. The predicted molar refractivity (Wildman–Crippen MR) is 114 cm³/mol. The fourth-order valence-electron chi connectivity index (χ4n) is 3.55. The van der Waals surface area contributed by atoms with E-state index >= 15 is 0 Å². The predicted octanol–water partition coefficient (Wildman–Crippen LogP) is 2.58. The number of likely N-dealkylation sites (tertiary alicyclic amines) is 1. The summed E-state index contributed by atoms with van der Waals surface area (Å²) in [6, 6.07) is -0.0194. The Morgan fingerprint density at radius 3 is 2.93 bits per heavy atom. The first-order chi connectivity index (χ1) is 14.0. The lowest BCUT2D eigenvalue weighted by molar-refractivity contribution is -0.127. The van der Waals surface area contributed by atoms with Crippen molar-refractivity contribution in [2.45, 2.75) is 45.6 Å². The van der Waals surface area contributed by atoms with E-state index in [9.17, 15) is 9.59 Å². The second-order valence-corrected chi connectivity index (χ2v) is 8.26. The van der Waals surface area contributed by atoms with E-state index in [0.29, 0.717) is 24.4 Å². The summed E-state index contributed by atoms with van der Waals surface area (Å²) in [6.45, 7) is 6.76. The molecule has 0 aromatic carbocycles. The fourth-order valence-corrected chi connectivity index (χ4v) is 4.60. The van der Waals surface area contributed by atoms with Crippen LogP contribution in [0.5, 0.6) is 0 Å². The number of carbonyl (C=O) groups is 2. The minimum absolute atomic E-state index is 0.0194. The number of rotatable bonds is 10. The van der Waals surface area contributed by atoms with E-state index in [1.165, 1.54) is 17.7 Å². The number of ether oxygens (including phenoxy) is 1. The lowest BCUT2D eigenvalue weighted by atomic mass is 10.1. The normalized spacial score (nSPS) is 15.1. The van der Waals surface area contributed by atoms with Gasteiger partial charge in [-0.05, 0) is 31.7 Å². The van der Waals surface area contributed by atoms with Crippen molar-refractivity contribution in [3.8, 4) is 0 Å². The number of hydrogen-bond acceptors (Lipinski definition) is 7. The summed E-state index contributed by atoms with van der Waals surface area (Å²) < 4.78 is 5.17. The Kier molecular flexibility index (Phi) is 7.38. The van der Waals surface area contributed by atoms with Gasteiger partial charge in [-0.25, -0.2) is 9.97 Å². The number of hydrogen-bond donors (Lipinski definition) is 2. The standard InChI is InChI=1S/C20H29N5O3S/c1-4-14(11-28-3)24-19(27)17-13(2)16-18(22-12-23-20(16)29-17)21-8-6-10-25-9-5-7-15(25)26/h12,14H,4-11H2,1-3H3,(H,24,27)(H,21,22,23). The van der Waals surface area contributed by atoms with Crippen molar-refractivity contribution in [3.63, 3.8) is 0 Å². The summed E-state index contributed by atoms with van der Waals surface area (Å²) >= 11 is 1.38. The first-order valence-corrected chi connectivity index (χ1v) is 10.9. The molecule has 0 saturated carbocycles. The van der Waals surface area contributed by atoms with Crippen LogP contribution >= 0.6 is 11.3 Å². The molecule has 2 aromatic rings. The molecule has 29 heavy (non-hydrogen) atoms. The second kappa shape index (κ2) is 9.98. The highest BCUT2D eigenvalue weighted by Crippen LogP contribution is 2.33. The van der Waals surface area contributed by atoms with E-state index in [1.807, 2.05) is 18.7 Å². The van der Waals surface area contributed by atoms with Gasteiger partial charge >= 0.3 is 0 Å². The van der Waals surface area contributed by atoms with Crippen LogP contribution in [0.3, 0.4) is 0 Å². The molecule has 3 heterocycles. The van der Waals surface area contributed by atoms with Gasteiger partial charge in [0.15, 0.2) is 0 Å². The van der Waals surface area contributed by atoms with Crippen molar-refractivity contribution in [1.29, 1.82) is 0 Å². The number of thiophene rings is 1. The monoisotopic (exact) mass is 419 g/mol. The maximum atomic E-state index is 12.8. The van der Waals surface area contributed by atoms with Crippen LogP contribution < -0.4 is 10.6 Å². The van der Waals surface area contributed by atoms with Crippen molar-refractivity contribution in [1.82, 2.24) is 20.2 Å². The number of methoxy groups -OCH3 is 1. The van der Waals surface area contributed by atoms with E-state index in [-0.39, 0.29) is 17.9 Å². The Morgan fingerprint density at radius 1 is 1.41 bits per heavy atom. The van der Waals surface area contributed by atoms with E-state index in [1.54, 1.807) is 7.11 Å². The molecule has 8 nitrogen and oxygen atoms in total. The molecule has 1 unspecified atom stereocenters. The molecular weight excluding hydrogens is 390 g/mol. The number of carbonyl (C=O) groups excluding carboxylic acids is 2. The minimum atomic E-state index is -0.104. The van der Waals surface area contributed by atoms with Gasteiger partial charge in [-0.15, -0.1) is 11.3 Å². The lowest BCUT2D eigenvalue weighted by Crippen LogP contribution is -2.37. The first kappa shape index (κ1) is 21.4. The van der Waals surface area contributed by atoms with Gasteiger partial charge in [0.25, 0.3) is 5.91 Å². The average Bonchev–Trinajstić information content (AvgIpc) is 3.28. The topological polar surface area (TPSA) is 96.4 Å². The number of fused-ring (bicyclic) bond motifs is 1. The van der Waals surface area contributed by atoms with Crippen LogP contribution in [0, 0.1) is 6.92 Å². The van der Waals surface area contributed by atoms with Crippen molar-refractivity contribution < 1.29 is 14.3 Å². The van der Waals surface area contributed by atoms with Gasteiger partial charge in [-0.3, -0.25) is 9.59 Å². The summed E-state index contributed by atoms with van der Waals surface area (Å²) in [6.07, 6.45) is 4.80. The third-order valence-electron chi connectivity index (χ3n) is 5.20. The zero-order chi connectivity index (χ0) is 20.8. The summed E-state index contributed by atoms with van der Waals surface area (Å²) in [7, 11) is 1.63. The van der Waals surface area contributed by atoms with Crippen LogP contribution in [0.15, 0.2) is 6.33 Å². The SMILES string of the molecule is CCC(COC)NC(=O)c1sc2ncnc(NCCCN3CCCC3=O)c2c1C. The molecular formula is C20H29N5O3S. The molecule has 9 heteroatoms. The molecule has 0 radical (unpaired) electrons. The van der Waals surface area contributed by atoms with E-state index in [2.05, 4.69) is 20.6 Å². The second-order valence-electron chi connectivity index (χ2n) is 7.26. The molecule has 0 bridgehead atoms. The molecule has 1 atom stereocenters. The largest absolute Gasteiger partial charge is 0.383 e. The average molecular weight is 420 g/mol. The van der Waals surface area contributed by atoms with E-state index in [0.717, 1.165) is 53.9 Å². The Labute approximate surface area is 175 Å². The van der Waals surface area contributed by atoms with Crippen molar-refractivity contribution >= 4 is 39.2 Å². The third kappa shape index (κ3) is 5.02. The van der Waals surface area contributed by atoms with Gasteiger partial charge in [-0.1, -0.05) is 6.92 Å². The van der Waals surface area contributed by atoms with Crippen molar-refractivity contribution in [2.24, 2.45) is 0 Å². The third-order valence-corrected chi connectivity index (χ3v) is 6.40. The fraction of sp³-hybridized carbons (Fsp3) is 0.600.